The van der Waals surface area contributed by atoms with Crippen molar-refractivity contribution in [3.63, 3.8) is 0 Å². The van der Waals surface area contributed by atoms with Crippen LogP contribution in [0.3, 0.4) is 0 Å². The molecule has 0 amide bonds. The fourth-order valence-electron chi connectivity index (χ4n) is 0.982. The third-order valence-electron chi connectivity index (χ3n) is 2.58. The van der Waals surface area contributed by atoms with Gasteiger partial charge in [-0.05, 0) is 48.7 Å². The molecule has 3 nitrogen and oxygen atoms in total. The van der Waals surface area contributed by atoms with Crippen molar-refractivity contribution in [3.8, 4) is 0 Å². The molecular formula is C12H28N2O. The van der Waals surface area contributed by atoms with Crippen LogP contribution < -0.4 is 5.32 Å². The lowest BCUT2D eigenvalue weighted by molar-refractivity contribution is -0.00162. The molecule has 0 bridgehead atoms. The molecule has 0 atom stereocenters. The Morgan fingerprint density at radius 2 is 1.60 bits per heavy atom. The quantitative estimate of drug-likeness (QED) is 0.684. The maximum atomic E-state index is 5.63. The van der Waals surface area contributed by atoms with Gasteiger partial charge in [-0.1, -0.05) is 0 Å². The number of likely N-dealkylation sites (N-methyl/N-ethyl adjacent to an activating group) is 1. The molecule has 15 heavy (non-hydrogen) atoms. The van der Waals surface area contributed by atoms with Crippen molar-refractivity contribution >= 4 is 0 Å². The van der Waals surface area contributed by atoms with Crippen molar-refractivity contribution in [2.75, 3.05) is 33.8 Å². The van der Waals surface area contributed by atoms with Gasteiger partial charge in [0.1, 0.15) is 0 Å². The van der Waals surface area contributed by atoms with E-state index in [-0.39, 0.29) is 11.1 Å². The van der Waals surface area contributed by atoms with Gasteiger partial charge in [0.15, 0.2) is 0 Å². The predicted molar refractivity (Wildman–Crippen MR) is 66.3 cm³/mol. The Hall–Kier alpha value is -0.120. The SMILES string of the molecule is CN(C)C(C)(C)CNCCOC(C)(C)C. The highest BCUT2D eigenvalue weighted by Crippen LogP contribution is 2.08. The van der Waals surface area contributed by atoms with Gasteiger partial charge in [0.2, 0.25) is 0 Å². The van der Waals surface area contributed by atoms with Crippen molar-refractivity contribution in [1.82, 2.24) is 10.2 Å². The zero-order valence-electron chi connectivity index (χ0n) is 11.5. The van der Waals surface area contributed by atoms with Gasteiger partial charge in [0.25, 0.3) is 0 Å². The van der Waals surface area contributed by atoms with Gasteiger partial charge in [0.05, 0.1) is 12.2 Å². The van der Waals surface area contributed by atoms with Crippen LogP contribution in [0.2, 0.25) is 0 Å². The molecule has 0 spiro atoms. The van der Waals surface area contributed by atoms with E-state index >= 15 is 0 Å². The third-order valence-corrected chi connectivity index (χ3v) is 2.58. The second kappa shape index (κ2) is 5.83. The van der Waals surface area contributed by atoms with E-state index in [0.29, 0.717) is 0 Å². The van der Waals surface area contributed by atoms with Gasteiger partial charge in [0, 0.05) is 18.6 Å². The van der Waals surface area contributed by atoms with Gasteiger partial charge < -0.3 is 15.0 Å². The second-order valence-corrected chi connectivity index (χ2v) is 5.84. The van der Waals surface area contributed by atoms with Crippen molar-refractivity contribution < 1.29 is 4.74 Å². The summed E-state index contributed by atoms with van der Waals surface area (Å²) in [5.74, 6) is 0. The summed E-state index contributed by atoms with van der Waals surface area (Å²) < 4.78 is 5.63. The number of rotatable bonds is 6. The van der Waals surface area contributed by atoms with Crippen molar-refractivity contribution in [2.24, 2.45) is 0 Å². The van der Waals surface area contributed by atoms with Crippen LogP contribution in [0.4, 0.5) is 0 Å². The number of hydrogen-bond donors (Lipinski definition) is 1. The lowest BCUT2D eigenvalue weighted by atomic mass is 10.0. The standard InChI is InChI=1S/C12H28N2O/c1-11(2,3)15-9-8-13-10-12(4,5)14(6)7/h13H,8-10H2,1-7H3. The lowest BCUT2D eigenvalue weighted by Gasteiger charge is -2.33. The molecule has 0 aliphatic heterocycles. The molecule has 0 aliphatic carbocycles. The fourth-order valence-corrected chi connectivity index (χ4v) is 0.982. The highest BCUT2D eigenvalue weighted by atomic mass is 16.5. The first-order valence-electron chi connectivity index (χ1n) is 5.67. The Kier molecular flexibility index (Phi) is 5.78. The van der Waals surface area contributed by atoms with Crippen LogP contribution in [0.1, 0.15) is 34.6 Å². The van der Waals surface area contributed by atoms with Crippen LogP contribution >= 0.6 is 0 Å². The molecule has 0 aromatic heterocycles. The van der Waals surface area contributed by atoms with Gasteiger partial charge in [-0.3, -0.25) is 0 Å². The van der Waals surface area contributed by atoms with Crippen LogP contribution in [-0.2, 0) is 4.74 Å². The number of nitrogens with zero attached hydrogens (tertiary/aromatic N) is 1. The van der Waals surface area contributed by atoms with E-state index in [4.69, 9.17) is 4.74 Å². The number of nitrogens with one attached hydrogen (secondary N) is 1. The van der Waals surface area contributed by atoms with E-state index < -0.39 is 0 Å². The molecule has 0 unspecified atom stereocenters. The Bertz CT molecular complexity index is 171. The van der Waals surface area contributed by atoms with E-state index in [1.807, 2.05) is 0 Å². The van der Waals surface area contributed by atoms with Crippen LogP contribution in [0.5, 0.6) is 0 Å². The normalized spacial score (nSPS) is 13.6. The molecule has 0 saturated heterocycles. The highest BCUT2D eigenvalue weighted by Gasteiger charge is 2.19. The summed E-state index contributed by atoms with van der Waals surface area (Å²) in [6.07, 6.45) is 0. The summed E-state index contributed by atoms with van der Waals surface area (Å²) in [5.41, 5.74) is 0.167. The summed E-state index contributed by atoms with van der Waals surface area (Å²) >= 11 is 0. The van der Waals surface area contributed by atoms with E-state index in [0.717, 1.165) is 19.7 Å². The molecular weight excluding hydrogens is 188 g/mol. The van der Waals surface area contributed by atoms with Crippen LogP contribution in [0, 0.1) is 0 Å². The first-order chi connectivity index (χ1) is 6.65. The summed E-state index contributed by atoms with van der Waals surface area (Å²) in [7, 11) is 4.21. The maximum absolute atomic E-state index is 5.63. The van der Waals surface area contributed by atoms with Gasteiger partial charge in [-0.25, -0.2) is 0 Å². The number of ether oxygens (including phenoxy) is 1. The minimum atomic E-state index is -0.0290. The van der Waals surface area contributed by atoms with E-state index in [1.54, 1.807) is 0 Å². The van der Waals surface area contributed by atoms with Crippen LogP contribution in [-0.4, -0.2) is 49.8 Å². The minimum absolute atomic E-state index is 0.0290. The molecule has 0 aromatic rings. The molecule has 3 heteroatoms. The summed E-state index contributed by atoms with van der Waals surface area (Å²) in [5, 5.41) is 3.41. The third kappa shape index (κ3) is 7.77. The monoisotopic (exact) mass is 216 g/mol. The fraction of sp³-hybridized carbons (Fsp3) is 1.00. The Labute approximate surface area is 95.2 Å². The van der Waals surface area contributed by atoms with E-state index in [9.17, 15) is 0 Å². The van der Waals surface area contributed by atoms with Crippen molar-refractivity contribution in [3.05, 3.63) is 0 Å². The van der Waals surface area contributed by atoms with Crippen molar-refractivity contribution in [2.45, 2.75) is 45.8 Å². The van der Waals surface area contributed by atoms with Crippen molar-refractivity contribution in [1.29, 1.82) is 0 Å². The highest BCUT2D eigenvalue weighted by molar-refractivity contribution is 4.79. The first kappa shape index (κ1) is 14.9. The molecule has 0 aliphatic rings. The topological polar surface area (TPSA) is 24.5 Å². The molecule has 0 rings (SSSR count). The Morgan fingerprint density at radius 1 is 1.07 bits per heavy atom. The second-order valence-electron chi connectivity index (χ2n) is 5.84. The van der Waals surface area contributed by atoms with Gasteiger partial charge in [-0.2, -0.15) is 0 Å². The summed E-state index contributed by atoms with van der Waals surface area (Å²) in [6, 6.07) is 0. The smallest absolute Gasteiger partial charge is 0.0599 e. The minimum Gasteiger partial charge on any atom is -0.375 e. The van der Waals surface area contributed by atoms with Gasteiger partial charge in [-0.15, -0.1) is 0 Å². The largest absolute Gasteiger partial charge is 0.375 e. The predicted octanol–water partition coefficient (Wildman–Crippen LogP) is 1.73. The molecule has 0 aromatic carbocycles. The van der Waals surface area contributed by atoms with Gasteiger partial charge >= 0.3 is 0 Å². The average Bonchev–Trinajstić information content (AvgIpc) is 2.00. The molecule has 0 heterocycles. The molecule has 0 fully saturated rings. The van der Waals surface area contributed by atoms with Crippen LogP contribution in [0.15, 0.2) is 0 Å². The molecule has 92 valence electrons. The Balaban J connectivity index is 3.55. The molecule has 1 N–H and O–H groups in total. The lowest BCUT2D eigenvalue weighted by Crippen LogP contribution is -2.47. The zero-order valence-corrected chi connectivity index (χ0v) is 11.5. The average molecular weight is 216 g/mol. The summed E-state index contributed by atoms with van der Waals surface area (Å²) in [4.78, 5) is 2.23. The first-order valence-corrected chi connectivity index (χ1v) is 5.67. The molecule has 0 radical (unpaired) electrons. The van der Waals surface area contributed by atoms with E-state index in [1.165, 1.54) is 0 Å². The van der Waals surface area contributed by atoms with E-state index in [2.05, 4.69) is 58.9 Å². The molecule has 0 saturated carbocycles. The van der Waals surface area contributed by atoms with Crippen LogP contribution in [0.25, 0.3) is 0 Å². The maximum Gasteiger partial charge on any atom is 0.0599 e. The number of hydrogen-bond acceptors (Lipinski definition) is 3. The zero-order chi connectivity index (χ0) is 12.1. The Morgan fingerprint density at radius 3 is 2.00 bits per heavy atom. The summed E-state index contributed by atoms with van der Waals surface area (Å²) in [6.45, 7) is 13.4.